The van der Waals surface area contributed by atoms with E-state index in [1.807, 2.05) is 0 Å². The van der Waals surface area contributed by atoms with Gasteiger partial charge in [0.25, 0.3) is 0 Å². The summed E-state index contributed by atoms with van der Waals surface area (Å²) in [6.07, 6.45) is 2.42. The van der Waals surface area contributed by atoms with Crippen molar-refractivity contribution in [2.75, 3.05) is 26.2 Å². The molecule has 0 saturated carbocycles. The van der Waals surface area contributed by atoms with Crippen LogP contribution in [0.1, 0.15) is 12.1 Å². The molecule has 2 rings (SSSR count). The van der Waals surface area contributed by atoms with E-state index in [1.54, 1.807) is 23.2 Å². The molecule has 0 aromatic carbocycles. The van der Waals surface area contributed by atoms with E-state index in [-0.39, 0.29) is 6.54 Å². The van der Waals surface area contributed by atoms with Crippen LogP contribution in [0.15, 0.2) is 18.3 Å². The van der Waals surface area contributed by atoms with Crippen molar-refractivity contribution in [1.29, 1.82) is 0 Å². The van der Waals surface area contributed by atoms with E-state index in [9.17, 15) is 9.59 Å². The van der Waals surface area contributed by atoms with Crippen LogP contribution in [0.3, 0.4) is 0 Å². The largest absolute Gasteiger partial charge is 0.342 e. The van der Waals surface area contributed by atoms with E-state index >= 15 is 0 Å². The number of rotatable bonds is 2. The second-order valence-corrected chi connectivity index (χ2v) is 4.29. The van der Waals surface area contributed by atoms with Gasteiger partial charge in [-0.2, -0.15) is 10.2 Å². The summed E-state index contributed by atoms with van der Waals surface area (Å²) in [7, 11) is 0. The Balaban J connectivity index is 1.83. The average molecular weight is 263 g/mol. The van der Waals surface area contributed by atoms with Crippen molar-refractivity contribution in [3.8, 4) is 0 Å². The Morgan fingerprint density at radius 3 is 3.05 bits per heavy atom. The highest BCUT2D eigenvalue weighted by Crippen LogP contribution is 1.97. The molecule has 0 atom stereocenters. The molecule has 7 nitrogen and oxygen atoms in total. The Kier molecular flexibility index (Phi) is 4.79. The number of aromatic nitrogens is 2. The fraction of sp³-hybridized carbons (Fsp3) is 0.500. The molecule has 0 radical (unpaired) electrons. The molecule has 0 spiro atoms. The van der Waals surface area contributed by atoms with E-state index in [0.29, 0.717) is 18.8 Å². The topological polar surface area (TPSA) is 87.2 Å². The minimum atomic E-state index is -0.590. The Hall–Kier alpha value is -2.02. The molecule has 1 aliphatic heterocycles. The van der Waals surface area contributed by atoms with Gasteiger partial charge in [-0.3, -0.25) is 9.59 Å². The summed E-state index contributed by atoms with van der Waals surface area (Å²) < 4.78 is 0. The first-order chi connectivity index (χ1) is 9.27. The lowest BCUT2D eigenvalue weighted by atomic mass is 10.3. The molecule has 2 heterocycles. The number of nitrogens with one attached hydrogen (secondary N) is 2. The summed E-state index contributed by atoms with van der Waals surface area (Å²) in [6, 6.07) is 3.48. The summed E-state index contributed by atoms with van der Waals surface area (Å²) >= 11 is 0. The van der Waals surface area contributed by atoms with Crippen LogP contribution in [0.4, 0.5) is 0 Å². The van der Waals surface area contributed by atoms with Gasteiger partial charge in [0.15, 0.2) is 0 Å². The third-order valence-electron chi connectivity index (χ3n) is 2.88. The monoisotopic (exact) mass is 263 g/mol. The minimum absolute atomic E-state index is 0.213. The first-order valence-electron chi connectivity index (χ1n) is 6.32. The standard InChI is InChI=1S/C12H17N5O2/c18-11(14-9-10-3-1-5-15-16-10)12(19)17-7-2-4-13-6-8-17/h1,3,5,13H,2,4,6-9H2,(H,14,18). The third kappa shape index (κ3) is 3.99. The summed E-state index contributed by atoms with van der Waals surface area (Å²) in [4.78, 5) is 25.3. The van der Waals surface area contributed by atoms with E-state index in [1.165, 1.54) is 0 Å². The van der Waals surface area contributed by atoms with Crippen LogP contribution in [-0.4, -0.2) is 53.1 Å². The summed E-state index contributed by atoms with van der Waals surface area (Å²) in [5.74, 6) is -1.07. The molecule has 7 heteroatoms. The molecule has 0 bridgehead atoms. The van der Waals surface area contributed by atoms with Crippen LogP contribution in [0.2, 0.25) is 0 Å². The molecule has 1 aromatic rings. The Labute approximate surface area is 111 Å². The van der Waals surface area contributed by atoms with E-state index in [0.717, 1.165) is 19.5 Å². The zero-order valence-corrected chi connectivity index (χ0v) is 10.6. The molecule has 2 N–H and O–H groups in total. The Bertz CT molecular complexity index is 429. The molecule has 2 amide bonds. The summed E-state index contributed by atoms with van der Waals surface area (Å²) in [5, 5.41) is 13.3. The fourth-order valence-corrected chi connectivity index (χ4v) is 1.87. The maximum Gasteiger partial charge on any atom is 0.311 e. The molecule has 0 aliphatic carbocycles. The van der Waals surface area contributed by atoms with Gasteiger partial charge in [-0.1, -0.05) is 0 Å². The van der Waals surface area contributed by atoms with Crippen molar-refractivity contribution in [2.24, 2.45) is 0 Å². The van der Waals surface area contributed by atoms with Gasteiger partial charge >= 0.3 is 11.8 Å². The first-order valence-corrected chi connectivity index (χ1v) is 6.32. The van der Waals surface area contributed by atoms with Gasteiger partial charge in [-0.15, -0.1) is 0 Å². The Morgan fingerprint density at radius 1 is 1.37 bits per heavy atom. The van der Waals surface area contributed by atoms with Crippen LogP contribution < -0.4 is 10.6 Å². The molecule has 102 valence electrons. The predicted molar refractivity (Wildman–Crippen MR) is 67.9 cm³/mol. The van der Waals surface area contributed by atoms with Crippen molar-refractivity contribution < 1.29 is 9.59 Å². The molecular weight excluding hydrogens is 246 g/mol. The highest BCUT2D eigenvalue weighted by atomic mass is 16.2. The number of carbonyl (C=O) groups excluding carboxylic acids is 2. The van der Waals surface area contributed by atoms with E-state index in [2.05, 4.69) is 20.8 Å². The van der Waals surface area contributed by atoms with Crippen LogP contribution >= 0.6 is 0 Å². The van der Waals surface area contributed by atoms with Crippen molar-refractivity contribution >= 4 is 11.8 Å². The lowest BCUT2D eigenvalue weighted by Gasteiger charge is -2.18. The van der Waals surface area contributed by atoms with E-state index in [4.69, 9.17) is 0 Å². The van der Waals surface area contributed by atoms with Crippen LogP contribution in [0.25, 0.3) is 0 Å². The molecule has 0 unspecified atom stereocenters. The Morgan fingerprint density at radius 2 is 2.26 bits per heavy atom. The quantitative estimate of drug-likeness (QED) is 0.662. The lowest BCUT2D eigenvalue weighted by molar-refractivity contribution is -0.145. The zero-order chi connectivity index (χ0) is 13.5. The van der Waals surface area contributed by atoms with Gasteiger partial charge in [-0.25, -0.2) is 0 Å². The van der Waals surface area contributed by atoms with Crippen molar-refractivity contribution in [1.82, 2.24) is 25.7 Å². The number of nitrogens with zero attached hydrogens (tertiary/aromatic N) is 3. The number of amides is 2. The number of carbonyl (C=O) groups is 2. The highest BCUT2D eigenvalue weighted by Gasteiger charge is 2.22. The zero-order valence-electron chi connectivity index (χ0n) is 10.6. The normalized spacial score (nSPS) is 15.7. The van der Waals surface area contributed by atoms with Gasteiger partial charge in [0.2, 0.25) is 0 Å². The van der Waals surface area contributed by atoms with Gasteiger partial charge in [0.1, 0.15) is 0 Å². The molecular formula is C12H17N5O2. The molecule has 1 aromatic heterocycles. The van der Waals surface area contributed by atoms with Crippen molar-refractivity contribution in [3.05, 3.63) is 24.0 Å². The highest BCUT2D eigenvalue weighted by molar-refractivity contribution is 6.34. The van der Waals surface area contributed by atoms with Crippen LogP contribution in [0.5, 0.6) is 0 Å². The minimum Gasteiger partial charge on any atom is -0.342 e. The maximum atomic E-state index is 11.9. The van der Waals surface area contributed by atoms with Crippen molar-refractivity contribution in [3.63, 3.8) is 0 Å². The lowest BCUT2D eigenvalue weighted by Crippen LogP contribution is -2.44. The molecule has 1 aliphatic rings. The smallest absolute Gasteiger partial charge is 0.311 e. The van der Waals surface area contributed by atoms with E-state index < -0.39 is 11.8 Å². The van der Waals surface area contributed by atoms with Crippen molar-refractivity contribution in [2.45, 2.75) is 13.0 Å². The molecule has 1 saturated heterocycles. The second-order valence-electron chi connectivity index (χ2n) is 4.29. The number of hydrogen-bond donors (Lipinski definition) is 2. The van der Waals surface area contributed by atoms with Gasteiger partial charge in [0, 0.05) is 25.8 Å². The average Bonchev–Trinajstić information content (AvgIpc) is 2.74. The summed E-state index contributed by atoms with van der Waals surface area (Å²) in [6.45, 7) is 3.00. The van der Waals surface area contributed by atoms with Gasteiger partial charge in [0.05, 0.1) is 12.2 Å². The summed E-state index contributed by atoms with van der Waals surface area (Å²) in [5.41, 5.74) is 0.626. The SMILES string of the molecule is O=C(NCc1cccnn1)C(=O)N1CCCNCC1. The number of hydrogen-bond acceptors (Lipinski definition) is 5. The van der Waals surface area contributed by atoms with Gasteiger partial charge in [-0.05, 0) is 25.1 Å². The maximum absolute atomic E-state index is 11.9. The predicted octanol–water partition coefficient (Wildman–Crippen LogP) is -1.09. The fourth-order valence-electron chi connectivity index (χ4n) is 1.87. The third-order valence-corrected chi connectivity index (χ3v) is 2.88. The second kappa shape index (κ2) is 6.79. The van der Waals surface area contributed by atoms with Crippen LogP contribution in [-0.2, 0) is 16.1 Å². The first kappa shape index (κ1) is 13.4. The molecule has 1 fully saturated rings. The van der Waals surface area contributed by atoms with Gasteiger partial charge < -0.3 is 15.5 Å². The van der Waals surface area contributed by atoms with Crippen LogP contribution in [0, 0.1) is 0 Å². The molecule has 19 heavy (non-hydrogen) atoms.